The first-order valence-corrected chi connectivity index (χ1v) is 8.52. The summed E-state index contributed by atoms with van der Waals surface area (Å²) in [4.78, 5) is 6.99. The van der Waals surface area contributed by atoms with Crippen LogP contribution in [-0.4, -0.2) is 48.0 Å². The summed E-state index contributed by atoms with van der Waals surface area (Å²) in [6.07, 6.45) is 3.76. The molecule has 112 valence electrons. The molecule has 0 amide bonds. The van der Waals surface area contributed by atoms with Gasteiger partial charge in [-0.25, -0.2) is 0 Å². The molecule has 1 aliphatic heterocycles. The van der Waals surface area contributed by atoms with Gasteiger partial charge in [0.2, 0.25) is 0 Å². The Balaban J connectivity index is 2.02. The van der Waals surface area contributed by atoms with E-state index in [1.165, 1.54) is 31.0 Å². The van der Waals surface area contributed by atoms with Crippen molar-refractivity contribution in [1.29, 1.82) is 0 Å². The van der Waals surface area contributed by atoms with Gasteiger partial charge in [0.1, 0.15) is 0 Å². The third kappa shape index (κ3) is 7.21. The number of hydrogen-bond acceptors (Lipinski definition) is 4. The minimum absolute atomic E-state index is 0.652. The summed E-state index contributed by atoms with van der Waals surface area (Å²) in [5, 5.41) is 5.35. The molecule has 1 aliphatic rings. The molecule has 0 aromatic rings. The Hall–Kier alpha value is -0.220. The van der Waals surface area contributed by atoms with E-state index in [0.29, 0.717) is 11.3 Å². The number of rotatable bonds is 8. The Morgan fingerprint density at radius 1 is 1.32 bits per heavy atom. The molecule has 0 bridgehead atoms. The van der Waals surface area contributed by atoms with Crippen LogP contribution in [0.5, 0.6) is 0 Å². The smallest absolute Gasteiger partial charge is 0.156 e. The summed E-state index contributed by atoms with van der Waals surface area (Å²) < 4.78 is 0. The molecule has 0 saturated carbocycles. The third-order valence-corrected chi connectivity index (χ3v) is 4.72. The van der Waals surface area contributed by atoms with Crippen molar-refractivity contribution in [1.82, 2.24) is 10.2 Å². The van der Waals surface area contributed by atoms with E-state index in [9.17, 15) is 0 Å². The van der Waals surface area contributed by atoms with Crippen LogP contribution in [0.4, 0.5) is 0 Å². The fraction of sp³-hybridized carbons (Fsp3) is 0.933. The number of thioether (sulfide) groups is 1. The zero-order valence-corrected chi connectivity index (χ0v) is 14.1. The van der Waals surface area contributed by atoms with Crippen LogP contribution in [0.3, 0.4) is 0 Å². The summed E-state index contributed by atoms with van der Waals surface area (Å²) in [6, 6.07) is 0.652. The van der Waals surface area contributed by atoms with Crippen LogP contribution < -0.4 is 5.32 Å². The van der Waals surface area contributed by atoms with Crippen LogP contribution >= 0.6 is 11.8 Å². The van der Waals surface area contributed by atoms with Crippen molar-refractivity contribution < 1.29 is 0 Å². The van der Waals surface area contributed by atoms with Gasteiger partial charge in [-0.2, -0.15) is 0 Å². The van der Waals surface area contributed by atoms with Crippen LogP contribution in [0.1, 0.15) is 47.0 Å². The lowest BCUT2D eigenvalue weighted by Crippen LogP contribution is -2.28. The lowest BCUT2D eigenvalue weighted by Gasteiger charge is -2.20. The van der Waals surface area contributed by atoms with Gasteiger partial charge in [-0.1, -0.05) is 25.6 Å². The van der Waals surface area contributed by atoms with Crippen LogP contribution in [0.25, 0.3) is 0 Å². The van der Waals surface area contributed by atoms with E-state index in [0.717, 1.165) is 19.0 Å². The molecule has 0 aromatic carbocycles. The van der Waals surface area contributed by atoms with E-state index < -0.39 is 0 Å². The van der Waals surface area contributed by atoms with Gasteiger partial charge >= 0.3 is 0 Å². The zero-order valence-electron chi connectivity index (χ0n) is 13.3. The van der Waals surface area contributed by atoms with Gasteiger partial charge in [-0.15, -0.1) is 0 Å². The van der Waals surface area contributed by atoms with Gasteiger partial charge in [0, 0.05) is 17.8 Å². The molecule has 1 rings (SSSR count). The molecule has 0 radical (unpaired) electrons. The highest BCUT2D eigenvalue weighted by Gasteiger charge is 2.19. The maximum absolute atomic E-state index is 4.59. The van der Waals surface area contributed by atoms with E-state index in [1.807, 2.05) is 11.8 Å². The highest BCUT2D eigenvalue weighted by Crippen LogP contribution is 2.25. The first-order chi connectivity index (χ1) is 8.99. The number of unbranched alkanes of at least 4 members (excludes halogenated alkanes) is 1. The summed E-state index contributed by atoms with van der Waals surface area (Å²) in [7, 11) is 2.20. The molecule has 3 nitrogen and oxygen atoms in total. The maximum Gasteiger partial charge on any atom is 0.156 e. The summed E-state index contributed by atoms with van der Waals surface area (Å²) in [6.45, 7) is 12.3. The van der Waals surface area contributed by atoms with Crippen molar-refractivity contribution in [2.75, 3.05) is 26.7 Å². The SMILES string of the molecule is CC(C)CC1CN=C(NCCCCN(C)C(C)C)S1. The summed E-state index contributed by atoms with van der Waals surface area (Å²) in [5.74, 6) is 0.777. The minimum Gasteiger partial charge on any atom is -0.365 e. The highest BCUT2D eigenvalue weighted by molar-refractivity contribution is 8.14. The van der Waals surface area contributed by atoms with E-state index in [4.69, 9.17) is 0 Å². The van der Waals surface area contributed by atoms with Gasteiger partial charge in [-0.05, 0) is 52.6 Å². The fourth-order valence-electron chi connectivity index (χ4n) is 2.10. The molecule has 0 fully saturated rings. The predicted molar refractivity (Wildman–Crippen MR) is 88.1 cm³/mol. The summed E-state index contributed by atoms with van der Waals surface area (Å²) in [5.41, 5.74) is 0. The van der Waals surface area contributed by atoms with Gasteiger partial charge in [0.15, 0.2) is 5.17 Å². The van der Waals surface area contributed by atoms with Crippen LogP contribution in [0.15, 0.2) is 4.99 Å². The molecule has 0 aromatic heterocycles. The first kappa shape index (κ1) is 16.8. The van der Waals surface area contributed by atoms with Crippen molar-refractivity contribution in [2.24, 2.45) is 10.9 Å². The van der Waals surface area contributed by atoms with Crippen LogP contribution in [-0.2, 0) is 0 Å². The van der Waals surface area contributed by atoms with Gasteiger partial charge in [0.25, 0.3) is 0 Å². The third-order valence-electron chi connectivity index (χ3n) is 3.55. The van der Waals surface area contributed by atoms with Gasteiger partial charge in [-0.3, -0.25) is 4.99 Å². The van der Waals surface area contributed by atoms with E-state index in [2.05, 4.69) is 50.0 Å². The lowest BCUT2D eigenvalue weighted by atomic mass is 10.1. The number of hydrogen-bond donors (Lipinski definition) is 1. The summed E-state index contributed by atoms with van der Waals surface area (Å²) >= 11 is 1.94. The largest absolute Gasteiger partial charge is 0.365 e. The van der Waals surface area contributed by atoms with Gasteiger partial charge in [0.05, 0.1) is 6.54 Å². The molecule has 1 unspecified atom stereocenters. The monoisotopic (exact) mass is 285 g/mol. The molecule has 0 aliphatic carbocycles. The number of amidine groups is 1. The lowest BCUT2D eigenvalue weighted by molar-refractivity contribution is 0.268. The molecule has 4 heteroatoms. The average Bonchev–Trinajstić information content (AvgIpc) is 2.75. The molecule has 1 heterocycles. The second kappa shape index (κ2) is 8.85. The van der Waals surface area contributed by atoms with E-state index in [1.54, 1.807) is 0 Å². The Bertz CT molecular complexity index is 277. The second-order valence-electron chi connectivity index (χ2n) is 6.22. The molecular formula is C15H31N3S. The topological polar surface area (TPSA) is 27.6 Å². The van der Waals surface area contributed by atoms with Crippen molar-refractivity contribution in [3.05, 3.63) is 0 Å². The number of aliphatic imine (C=N–C) groups is 1. The first-order valence-electron chi connectivity index (χ1n) is 7.64. The maximum atomic E-state index is 4.59. The minimum atomic E-state index is 0.652. The van der Waals surface area contributed by atoms with Crippen LogP contribution in [0.2, 0.25) is 0 Å². The van der Waals surface area contributed by atoms with Gasteiger partial charge < -0.3 is 10.2 Å². The predicted octanol–water partition coefficient (Wildman–Crippen LogP) is 3.21. The molecule has 19 heavy (non-hydrogen) atoms. The van der Waals surface area contributed by atoms with Crippen molar-refractivity contribution >= 4 is 16.9 Å². The van der Waals surface area contributed by atoms with E-state index in [-0.39, 0.29) is 0 Å². The van der Waals surface area contributed by atoms with Crippen molar-refractivity contribution in [3.63, 3.8) is 0 Å². The van der Waals surface area contributed by atoms with Crippen LogP contribution in [0, 0.1) is 5.92 Å². The Labute approximate surface area is 123 Å². The molecule has 1 atom stereocenters. The number of nitrogens with one attached hydrogen (secondary N) is 1. The van der Waals surface area contributed by atoms with Crippen molar-refractivity contribution in [2.45, 2.75) is 58.2 Å². The highest BCUT2D eigenvalue weighted by atomic mass is 32.2. The molecule has 0 spiro atoms. The Kier molecular flexibility index (Phi) is 7.84. The normalized spacial score (nSPS) is 19.6. The molecule has 0 saturated heterocycles. The second-order valence-corrected chi connectivity index (χ2v) is 7.51. The quantitative estimate of drug-likeness (QED) is 0.694. The van der Waals surface area contributed by atoms with E-state index >= 15 is 0 Å². The number of nitrogens with zero attached hydrogens (tertiary/aromatic N) is 2. The standard InChI is InChI=1S/C15H31N3S/c1-12(2)10-14-11-17-15(19-14)16-8-6-7-9-18(5)13(3)4/h12-14H,6-11H2,1-5H3,(H,16,17). The molecular weight excluding hydrogens is 254 g/mol. The average molecular weight is 286 g/mol. The fourth-order valence-corrected chi connectivity index (χ4v) is 3.38. The Morgan fingerprint density at radius 2 is 2.05 bits per heavy atom. The zero-order chi connectivity index (χ0) is 14.3. The van der Waals surface area contributed by atoms with Crippen molar-refractivity contribution in [3.8, 4) is 0 Å². The molecule has 1 N–H and O–H groups in total. The Morgan fingerprint density at radius 3 is 2.68 bits per heavy atom.